The number of hydrogen-bond donors (Lipinski definition) is 16. The second-order valence-corrected chi connectivity index (χ2v) is 24.5. The second-order valence-electron chi connectivity index (χ2n) is 24.5. The molecule has 30 nitrogen and oxygen atoms in total. The zero-order valence-corrected chi connectivity index (χ0v) is 55.9. The minimum Gasteiger partial charge on any atom is -0.508 e. The van der Waals surface area contributed by atoms with Crippen molar-refractivity contribution in [3.8, 4) is 5.75 Å². The number of aliphatic hydroxyl groups excluding tert-OH is 1. The molecule has 1 saturated heterocycles. The standard InChI is InChI=1S/C67H86N14O14.C2H4O2/c1-5-39(4)57(80-67(94)95-37-41-15-7-6-8-16-41)64(92)78-53(32-43-34-72-48-20-12-10-18-46(43)48)61(89)79-54(36-82)62(90)76-51(30-40-23-25-44(83)26-24-40)59(87)77-52(31-42-33-71-47-19-11-9-17-45(42)47)60(88)75-50(29-38(2)3)58(86)74-49(21-13-27-70-66(68)69)65(93)81-28-14-22-55(81)63(91)73-35-56(84)85;1-2(3)4/h6-12,15-20,23-26,33-34,38-39,49-55,57,71-72,82-83H,5,13-14,21-22,27-32,35-37H2,1-4H3,(H,73,91)(H,74,86)(H,75,88)(H,76,90)(H,77,87)(H,78,92)(H,79,89)(H,80,94)(H,84,85)(H4,68,69,70);1H3,(H,3,4)/t39-,49-,50-,51-,52+,53-,54-,55-,57-;/m0./s1. The number of aromatic nitrogens is 2. The number of aliphatic imine (C=N–C) groups is 1. The van der Waals surface area contributed by atoms with Crippen molar-refractivity contribution >= 4 is 93.1 Å². The third kappa shape index (κ3) is 23.9. The molecule has 2 aromatic heterocycles. The van der Waals surface area contributed by atoms with Gasteiger partial charge >= 0.3 is 12.1 Å². The Morgan fingerprint density at radius 3 is 1.66 bits per heavy atom. The molecular weight excluding hydrogens is 1280 g/mol. The molecule has 1 aliphatic heterocycles. The first kappa shape index (κ1) is 77.0. The van der Waals surface area contributed by atoms with Gasteiger partial charge in [-0.25, -0.2) is 4.79 Å². The summed E-state index contributed by atoms with van der Waals surface area (Å²) in [6.45, 7) is 6.65. The maximum Gasteiger partial charge on any atom is 0.408 e. The number of para-hydroxylation sites is 2. The molecule has 0 radical (unpaired) electrons. The van der Waals surface area contributed by atoms with Crippen LogP contribution in [0.4, 0.5) is 4.79 Å². The molecular formula is C69H90N14O16. The van der Waals surface area contributed by atoms with E-state index in [4.69, 9.17) is 26.1 Å². The third-order valence-electron chi connectivity index (χ3n) is 16.4. The predicted octanol–water partition coefficient (Wildman–Crippen LogP) is 2.01. The molecule has 18 N–H and O–H groups in total. The normalized spacial score (nSPS) is 15.0. The van der Waals surface area contributed by atoms with Gasteiger partial charge in [-0.2, -0.15) is 0 Å². The maximum absolute atomic E-state index is 15.1. The summed E-state index contributed by atoms with van der Waals surface area (Å²) in [6, 6.07) is 17.9. The monoisotopic (exact) mass is 1370 g/mol. The number of phenolic OH excluding ortho intramolecular Hbond substituents is 1. The molecule has 1 fully saturated rings. The van der Waals surface area contributed by atoms with Crippen LogP contribution in [0.2, 0.25) is 0 Å². The fraction of sp³-hybridized carbons (Fsp3) is 0.420. The van der Waals surface area contributed by atoms with Crippen molar-refractivity contribution in [1.29, 1.82) is 0 Å². The van der Waals surface area contributed by atoms with Crippen molar-refractivity contribution in [2.24, 2.45) is 28.3 Å². The summed E-state index contributed by atoms with van der Waals surface area (Å²) in [7, 11) is 0. The number of H-pyrrole nitrogens is 2. The van der Waals surface area contributed by atoms with Crippen molar-refractivity contribution in [2.45, 2.75) is 147 Å². The molecule has 9 atom stereocenters. The van der Waals surface area contributed by atoms with E-state index in [1.165, 1.54) is 29.2 Å². The number of carbonyl (C=O) groups is 11. The van der Waals surface area contributed by atoms with Gasteiger partial charge in [0.1, 0.15) is 67.2 Å². The Morgan fingerprint density at radius 2 is 1.12 bits per heavy atom. The van der Waals surface area contributed by atoms with E-state index in [1.54, 1.807) is 81.7 Å². The highest BCUT2D eigenvalue weighted by molar-refractivity contribution is 5.99. The molecule has 9 amide bonds. The number of benzene rings is 4. The lowest BCUT2D eigenvalue weighted by atomic mass is 9.97. The summed E-state index contributed by atoms with van der Waals surface area (Å²) in [4.78, 5) is 161. The van der Waals surface area contributed by atoms with E-state index < -0.39 is 133 Å². The molecule has 0 spiro atoms. The number of aliphatic carboxylic acids is 2. The van der Waals surface area contributed by atoms with Gasteiger partial charge in [-0.1, -0.05) is 113 Å². The first-order valence-corrected chi connectivity index (χ1v) is 32.6. The van der Waals surface area contributed by atoms with Crippen LogP contribution >= 0.6 is 0 Å². The number of carboxylic acid groups (broad SMARTS) is 2. The number of guanidine groups is 1. The molecule has 6 aromatic rings. The van der Waals surface area contributed by atoms with Gasteiger partial charge in [-0.3, -0.25) is 52.9 Å². The number of ether oxygens (including phenoxy) is 1. The van der Waals surface area contributed by atoms with E-state index in [9.17, 15) is 53.7 Å². The van der Waals surface area contributed by atoms with E-state index in [0.29, 0.717) is 46.0 Å². The van der Waals surface area contributed by atoms with Gasteiger partial charge in [0, 0.05) is 73.5 Å². The lowest BCUT2D eigenvalue weighted by Gasteiger charge is -2.30. The molecule has 532 valence electrons. The Bertz CT molecular complexity index is 3780. The predicted molar refractivity (Wildman–Crippen MR) is 366 cm³/mol. The van der Waals surface area contributed by atoms with Crippen molar-refractivity contribution in [3.05, 3.63) is 138 Å². The SMILES string of the molecule is CC(=O)O.CC[C@H](C)[C@H](NC(=O)OCc1ccccc1)C(=O)N[C@@H](Cc1c[nH]c2ccccc12)C(=O)N[C@@H](CO)C(=O)N[C@@H](Cc1ccc(O)cc1)C(=O)N[C@H](Cc1c[nH]c2ccccc12)C(=O)N[C@@H](CC(C)C)C(=O)N[C@@H](CCCN=C(N)N)C(=O)N1CCC[C@H]1C(=O)NCC(=O)O. The molecule has 30 heteroatoms. The van der Waals surface area contributed by atoms with Gasteiger partial charge in [0.2, 0.25) is 47.3 Å². The Hall–Kier alpha value is -11.0. The number of aromatic amines is 2. The second kappa shape index (κ2) is 38.0. The summed E-state index contributed by atoms with van der Waals surface area (Å²) in [6.07, 6.45) is 3.06. The summed E-state index contributed by atoms with van der Waals surface area (Å²) in [5.74, 6) is -9.82. The molecule has 0 unspecified atom stereocenters. The Morgan fingerprint density at radius 1 is 0.626 bits per heavy atom. The number of rotatable bonds is 34. The Kier molecular flexibility index (Phi) is 29.6. The average Bonchev–Trinajstić information content (AvgIpc) is 1.77. The van der Waals surface area contributed by atoms with Gasteiger partial charge in [0.05, 0.1) is 6.61 Å². The van der Waals surface area contributed by atoms with Gasteiger partial charge in [0.15, 0.2) is 5.96 Å². The summed E-state index contributed by atoms with van der Waals surface area (Å²) in [5, 5.41) is 60.5. The highest BCUT2D eigenvalue weighted by Crippen LogP contribution is 2.24. The largest absolute Gasteiger partial charge is 0.508 e. The molecule has 4 aromatic carbocycles. The average molecular weight is 1370 g/mol. The van der Waals surface area contributed by atoms with Crippen molar-refractivity contribution < 1.29 is 77.9 Å². The molecule has 99 heavy (non-hydrogen) atoms. The maximum atomic E-state index is 15.1. The zero-order chi connectivity index (χ0) is 72.3. The summed E-state index contributed by atoms with van der Waals surface area (Å²) in [5.41, 5.74) is 14.8. The molecule has 7 rings (SSSR count). The number of nitrogens with one attached hydrogen (secondary N) is 10. The summed E-state index contributed by atoms with van der Waals surface area (Å²) < 4.78 is 5.45. The summed E-state index contributed by atoms with van der Waals surface area (Å²) >= 11 is 0. The van der Waals surface area contributed by atoms with Crippen LogP contribution in [-0.2, 0) is 78.6 Å². The smallest absolute Gasteiger partial charge is 0.408 e. The fourth-order valence-electron chi connectivity index (χ4n) is 11.2. The van der Waals surface area contributed by atoms with Crippen LogP contribution < -0.4 is 54.0 Å². The van der Waals surface area contributed by atoms with E-state index in [0.717, 1.165) is 17.8 Å². The van der Waals surface area contributed by atoms with Crippen LogP contribution in [0.25, 0.3) is 21.8 Å². The van der Waals surface area contributed by atoms with Crippen LogP contribution in [-0.4, -0.2) is 181 Å². The van der Waals surface area contributed by atoms with E-state index in [2.05, 4.69) is 57.5 Å². The Balaban J connectivity index is 0.00000376. The van der Waals surface area contributed by atoms with Crippen LogP contribution in [0, 0.1) is 11.8 Å². The minimum absolute atomic E-state index is 0.0173. The Labute approximate surface area is 571 Å². The van der Waals surface area contributed by atoms with E-state index in [1.807, 2.05) is 37.3 Å². The quantitative estimate of drug-likeness (QED) is 0.0156. The van der Waals surface area contributed by atoms with Gasteiger partial charge < -0.3 is 94.0 Å². The number of amides is 9. The first-order valence-electron chi connectivity index (χ1n) is 32.6. The van der Waals surface area contributed by atoms with Gasteiger partial charge in [-0.15, -0.1) is 0 Å². The van der Waals surface area contributed by atoms with Crippen molar-refractivity contribution in [1.82, 2.24) is 57.4 Å². The minimum atomic E-state index is -1.77. The van der Waals surface area contributed by atoms with Crippen LogP contribution in [0.5, 0.6) is 5.75 Å². The van der Waals surface area contributed by atoms with E-state index in [-0.39, 0.29) is 82.3 Å². The number of hydrogen-bond acceptors (Lipinski definition) is 15. The zero-order valence-electron chi connectivity index (χ0n) is 55.9. The molecule has 0 bridgehead atoms. The van der Waals surface area contributed by atoms with Crippen molar-refractivity contribution in [3.63, 3.8) is 0 Å². The number of aliphatic hydroxyl groups is 1. The number of carbonyl (C=O) groups excluding carboxylic acids is 9. The number of nitrogens with zero attached hydrogens (tertiary/aromatic N) is 2. The molecule has 1 aliphatic rings. The highest BCUT2D eigenvalue weighted by atomic mass is 16.5. The molecule has 3 heterocycles. The topological polar surface area (TPSA) is 473 Å². The number of likely N-dealkylation sites (tertiary alicyclic amines) is 1. The van der Waals surface area contributed by atoms with Gasteiger partial charge in [-0.05, 0) is 90.5 Å². The van der Waals surface area contributed by atoms with Crippen LogP contribution in [0.3, 0.4) is 0 Å². The number of carboxylic acids is 2. The molecule has 0 saturated carbocycles. The number of aromatic hydroxyl groups is 1. The molecule has 0 aliphatic carbocycles. The lowest BCUT2D eigenvalue weighted by molar-refractivity contribution is -0.143. The first-order chi connectivity index (χ1) is 47.2. The number of nitrogens with two attached hydrogens (primary N) is 2. The lowest BCUT2D eigenvalue weighted by Crippen LogP contribution is -2.61. The van der Waals surface area contributed by atoms with Crippen LogP contribution in [0.1, 0.15) is 95.4 Å². The third-order valence-corrected chi connectivity index (χ3v) is 16.4. The fourth-order valence-corrected chi connectivity index (χ4v) is 11.2. The number of fused-ring (bicyclic) bond motifs is 2. The van der Waals surface area contributed by atoms with Crippen LogP contribution in [0.15, 0.2) is 121 Å². The number of alkyl carbamates (subject to hydrolysis) is 1. The van der Waals surface area contributed by atoms with E-state index >= 15 is 9.59 Å². The number of phenols is 1. The van der Waals surface area contributed by atoms with Gasteiger partial charge in [0.25, 0.3) is 5.97 Å². The highest BCUT2D eigenvalue weighted by Gasteiger charge is 2.40. The van der Waals surface area contributed by atoms with Crippen molar-refractivity contribution in [2.75, 3.05) is 26.2 Å².